The second-order valence-electron chi connectivity index (χ2n) is 10.8. The summed E-state index contributed by atoms with van der Waals surface area (Å²) in [4.78, 5) is 39.2. The predicted molar refractivity (Wildman–Crippen MR) is 160 cm³/mol. The normalized spacial score (nSPS) is 13.8. The van der Waals surface area contributed by atoms with Crippen LogP contribution in [0.15, 0.2) is 72.8 Å². The SMILES string of the molecule is COC(=O)c1ccc2c(c1)NC(=O)/C2=C(\Nc1ccc(CN(C)CCNC(=O)OC(C)(C)C)cc1)c1ccccc1. The van der Waals surface area contributed by atoms with Crippen molar-refractivity contribution < 1.29 is 23.9 Å². The van der Waals surface area contributed by atoms with E-state index in [2.05, 4.69) is 20.9 Å². The van der Waals surface area contributed by atoms with Crippen molar-refractivity contribution in [2.75, 3.05) is 37.9 Å². The summed E-state index contributed by atoms with van der Waals surface area (Å²) in [6, 6.07) is 22.7. The molecule has 9 heteroatoms. The van der Waals surface area contributed by atoms with Crippen LogP contribution in [0, 0.1) is 0 Å². The Kier molecular flexibility index (Phi) is 9.09. The van der Waals surface area contributed by atoms with Crippen LogP contribution in [0.5, 0.6) is 0 Å². The number of fused-ring (bicyclic) bond motifs is 1. The highest BCUT2D eigenvalue weighted by Crippen LogP contribution is 2.38. The van der Waals surface area contributed by atoms with E-state index in [1.54, 1.807) is 18.2 Å². The number of carbonyl (C=O) groups is 3. The third-order valence-electron chi connectivity index (χ3n) is 6.34. The van der Waals surface area contributed by atoms with Crippen LogP contribution < -0.4 is 16.0 Å². The Morgan fingerprint density at radius 1 is 0.951 bits per heavy atom. The van der Waals surface area contributed by atoms with Gasteiger partial charge < -0.3 is 30.3 Å². The first-order valence-corrected chi connectivity index (χ1v) is 13.4. The molecule has 0 bridgehead atoms. The molecule has 0 saturated carbocycles. The number of hydrogen-bond donors (Lipinski definition) is 3. The molecule has 0 radical (unpaired) electrons. The first kappa shape index (κ1) is 29.4. The fourth-order valence-corrected chi connectivity index (χ4v) is 4.44. The minimum absolute atomic E-state index is 0.258. The summed E-state index contributed by atoms with van der Waals surface area (Å²) in [6.45, 7) is 7.33. The lowest BCUT2D eigenvalue weighted by Gasteiger charge is -2.21. The van der Waals surface area contributed by atoms with E-state index in [-0.39, 0.29) is 5.91 Å². The molecule has 0 aliphatic carbocycles. The molecule has 0 saturated heterocycles. The van der Waals surface area contributed by atoms with Gasteiger partial charge in [-0.15, -0.1) is 0 Å². The number of nitrogens with one attached hydrogen (secondary N) is 3. The van der Waals surface area contributed by atoms with Crippen LogP contribution in [0.25, 0.3) is 11.3 Å². The molecule has 3 aromatic rings. The highest BCUT2D eigenvalue weighted by Gasteiger charge is 2.29. The lowest BCUT2D eigenvalue weighted by molar-refractivity contribution is -0.110. The number of likely N-dealkylation sites (N-methyl/N-ethyl adjacent to an activating group) is 1. The van der Waals surface area contributed by atoms with E-state index in [4.69, 9.17) is 9.47 Å². The summed E-state index contributed by atoms with van der Waals surface area (Å²) in [5.74, 6) is -0.725. The van der Waals surface area contributed by atoms with Crippen molar-refractivity contribution >= 4 is 40.6 Å². The molecule has 0 spiro atoms. The molecule has 0 fully saturated rings. The summed E-state index contributed by atoms with van der Waals surface area (Å²) in [5.41, 5.74) is 5.02. The van der Waals surface area contributed by atoms with E-state index in [1.165, 1.54) is 7.11 Å². The molecular formula is C32H36N4O5. The van der Waals surface area contributed by atoms with Gasteiger partial charge in [0.1, 0.15) is 5.60 Å². The average molecular weight is 557 g/mol. The van der Waals surface area contributed by atoms with Crippen LogP contribution in [-0.2, 0) is 20.8 Å². The maximum atomic E-state index is 13.2. The molecule has 9 nitrogen and oxygen atoms in total. The number of carbonyl (C=O) groups excluding carboxylic acids is 3. The second-order valence-corrected chi connectivity index (χ2v) is 10.8. The predicted octanol–water partition coefficient (Wildman–Crippen LogP) is 5.36. The van der Waals surface area contributed by atoms with Gasteiger partial charge in [-0.05, 0) is 63.2 Å². The fourth-order valence-electron chi connectivity index (χ4n) is 4.44. The zero-order valence-electron chi connectivity index (χ0n) is 24.0. The first-order valence-electron chi connectivity index (χ1n) is 13.4. The standard InChI is InChI=1S/C32H36N4O5/c1-32(2,3)41-31(39)33-17-18-36(4)20-21-11-14-24(15-12-21)34-28(22-9-7-6-8-10-22)27-25-16-13-23(30(38)40-5)19-26(25)35-29(27)37/h6-16,19,34H,17-18,20H2,1-5H3,(H,33,39)(H,35,37)/b28-27-. The Morgan fingerprint density at radius 2 is 1.66 bits per heavy atom. The summed E-state index contributed by atoms with van der Waals surface area (Å²) in [5, 5.41) is 9.12. The van der Waals surface area contributed by atoms with Crippen LogP contribution in [0.1, 0.15) is 47.8 Å². The van der Waals surface area contributed by atoms with E-state index < -0.39 is 17.7 Å². The molecule has 0 aromatic heterocycles. The van der Waals surface area contributed by atoms with E-state index >= 15 is 0 Å². The topological polar surface area (TPSA) is 109 Å². The Balaban J connectivity index is 1.49. The summed E-state index contributed by atoms with van der Waals surface area (Å²) in [6.07, 6.45) is -0.424. The Morgan fingerprint density at radius 3 is 2.32 bits per heavy atom. The third-order valence-corrected chi connectivity index (χ3v) is 6.34. The van der Waals surface area contributed by atoms with Gasteiger partial charge in [-0.3, -0.25) is 4.79 Å². The molecule has 3 aromatic carbocycles. The number of rotatable bonds is 9. The number of amides is 2. The summed E-state index contributed by atoms with van der Waals surface area (Å²) < 4.78 is 10.1. The van der Waals surface area contributed by atoms with Gasteiger partial charge >= 0.3 is 12.1 Å². The van der Waals surface area contributed by atoms with Crippen LogP contribution in [0.3, 0.4) is 0 Å². The van der Waals surface area contributed by atoms with Crippen molar-refractivity contribution in [3.05, 3.63) is 95.1 Å². The number of anilines is 2. The van der Waals surface area contributed by atoms with Crippen LogP contribution >= 0.6 is 0 Å². The number of hydrogen-bond acceptors (Lipinski definition) is 7. The van der Waals surface area contributed by atoms with E-state index in [9.17, 15) is 14.4 Å². The van der Waals surface area contributed by atoms with E-state index in [0.717, 1.165) is 16.8 Å². The van der Waals surface area contributed by atoms with Gasteiger partial charge in [-0.25, -0.2) is 9.59 Å². The van der Waals surface area contributed by atoms with Crippen molar-refractivity contribution in [2.24, 2.45) is 0 Å². The van der Waals surface area contributed by atoms with Crippen LogP contribution in [0.2, 0.25) is 0 Å². The molecule has 1 aliphatic heterocycles. The Hall–Kier alpha value is -4.63. The number of nitrogens with zero attached hydrogens (tertiary/aromatic N) is 1. The molecule has 3 N–H and O–H groups in total. The highest BCUT2D eigenvalue weighted by molar-refractivity contribution is 6.37. The lowest BCUT2D eigenvalue weighted by Crippen LogP contribution is -2.36. The molecule has 1 heterocycles. The monoisotopic (exact) mass is 556 g/mol. The van der Waals surface area contributed by atoms with E-state index in [1.807, 2.05) is 82.4 Å². The highest BCUT2D eigenvalue weighted by atomic mass is 16.6. The largest absolute Gasteiger partial charge is 0.465 e. The zero-order valence-corrected chi connectivity index (χ0v) is 24.0. The van der Waals surface area contributed by atoms with Gasteiger partial charge in [0.2, 0.25) is 0 Å². The van der Waals surface area contributed by atoms with Crippen LogP contribution in [0.4, 0.5) is 16.2 Å². The van der Waals surface area contributed by atoms with E-state index in [0.29, 0.717) is 47.7 Å². The molecule has 1 aliphatic rings. The maximum absolute atomic E-state index is 13.2. The Labute approximate surface area is 240 Å². The molecule has 214 valence electrons. The summed E-state index contributed by atoms with van der Waals surface area (Å²) >= 11 is 0. The number of methoxy groups -OCH3 is 1. The van der Waals surface area contributed by atoms with Crippen molar-refractivity contribution in [1.29, 1.82) is 0 Å². The van der Waals surface area contributed by atoms with Crippen molar-refractivity contribution in [2.45, 2.75) is 32.9 Å². The molecular weight excluding hydrogens is 520 g/mol. The number of ether oxygens (including phenoxy) is 2. The quantitative estimate of drug-likeness (QED) is 0.240. The molecule has 0 atom stereocenters. The number of alkyl carbamates (subject to hydrolysis) is 1. The van der Waals surface area contributed by atoms with Gasteiger partial charge in [0.25, 0.3) is 5.91 Å². The molecule has 0 unspecified atom stereocenters. The summed E-state index contributed by atoms with van der Waals surface area (Å²) in [7, 11) is 3.31. The first-order chi connectivity index (χ1) is 19.5. The van der Waals surface area contributed by atoms with Gasteiger partial charge in [0.15, 0.2) is 0 Å². The average Bonchev–Trinajstić information content (AvgIpc) is 3.26. The third kappa shape index (κ3) is 7.73. The lowest BCUT2D eigenvalue weighted by atomic mass is 9.99. The minimum Gasteiger partial charge on any atom is -0.465 e. The maximum Gasteiger partial charge on any atom is 0.407 e. The van der Waals surface area contributed by atoms with Crippen LogP contribution in [-0.4, -0.2) is 55.7 Å². The van der Waals surface area contributed by atoms with Crippen molar-refractivity contribution in [1.82, 2.24) is 10.2 Å². The smallest absolute Gasteiger partial charge is 0.407 e. The molecule has 2 amide bonds. The van der Waals surface area contributed by atoms with Gasteiger partial charge in [-0.2, -0.15) is 0 Å². The molecule has 4 rings (SSSR count). The van der Waals surface area contributed by atoms with Gasteiger partial charge in [0.05, 0.1) is 29.6 Å². The van der Waals surface area contributed by atoms with Crippen molar-refractivity contribution in [3.8, 4) is 0 Å². The second kappa shape index (κ2) is 12.7. The Bertz CT molecular complexity index is 1440. The van der Waals surface area contributed by atoms with Crippen molar-refractivity contribution in [3.63, 3.8) is 0 Å². The zero-order chi connectivity index (χ0) is 29.6. The minimum atomic E-state index is -0.527. The molecule has 41 heavy (non-hydrogen) atoms. The number of esters is 1. The van der Waals surface area contributed by atoms with Gasteiger partial charge in [-0.1, -0.05) is 48.5 Å². The van der Waals surface area contributed by atoms with Gasteiger partial charge in [0, 0.05) is 30.9 Å². The fraction of sp³-hybridized carbons (Fsp3) is 0.281. The number of benzene rings is 3.